The van der Waals surface area contributed by atoms with Gasteiger partial charge in [0.1, 0.15) is 5.82 Å². The number of aromatic nitrogens is 1. The molecule has 2 N–H and O–H groups in total. The van der Waals surface area contributed by atoms with Crippen molar-refractivity contribution < 1.29 is 10.2 Å². The predicted octanol–water partition coefficient (Wildman–Crippen LogP) is 3.78. The van der Waals surface area contributed by atoms with Crippen LogP contribution in [-0.4, -0.2) is 59.4 Å². The van der Waals surface area contributed by atoms with E-state index in [1.807, 2.05) is 6.92 Å². The number of nitrogens with zero attached hydrogens (tertiary/aromatic N) is 3. The molecule has 2 aromatic rings. The number of anilines is 1. The third-order valence-corrected chi connectivity index (χ3v) is 8.09. The number of aliphatic hydroxyl groups is 2. The zero-order valence-corrected chi connectivity index (χ0v) is 19.7. The molecular weight excluding hydrogens is 398 g/mol. The molecule has 1 saturated carbocycles. The molecule has 5 nitrogen and oxygen atoms in total. The molecule has 2 fully saturated rings. The minimum atomic E-state index is -0.786. The number of fused-ring (bicyclic) bond motifs is 1. The Morgan fingerprint density at radius 1 is 0.969 bits per heavy atom. The Balaban J connectivity index is 1.32. The van der Waals surface area contributed by atoms with E-state index in [4.69, 9.17) is 4.98 Å². The van der Waals surface area contributed by atoms with Gasteiger partial charge in [-0.2, -0.15) is 0 Å². The zero-order valence-electron chi connectivity index (χ0n) is 19.7. The summed E-state index contributed by atoms with van der Waals surface area (Å²) in [6.07, 6.45) is 2.97. The molecule has 0 bridgehead atoms. The Morgan fingerprint density at radius 2 is 1.75 bits per heavy atom. The Bertz CT molecular complexity index is 979. The van der Waals surface area contributed by atoms with Crippen LogP contribution in [0.4, 0.5) is 5.82 Å². The zero-order chi connectivity index (χ0) is 22.5. The Hall–Kier alpha value is -1.95. The molecule has 2 aliphatic carbocycles. The molecule has 0 radical (unpaired) electrons. The molecular formula is C27H37N3O2. The smallest absolute Gasteiger partial charge is 0.129 e. The van der Waals surface area contributed by atoms with Crippen LogP contribution in [0.1, 0.15) is 51.2 Å². The van der Waals surface area contributed by atoms with Crippen LogP contribution in [0.25, 0.3) is 11.3 Å². The lowest BCUT2D eigenvalue weighted by atomic mass is 9.67. The maximum absolute atomic E-state index is 11.1. The number of aliphatic hydroxyl groups excluding tert-OH is 1. The molecule has 1 saturated heterocycles. The van der Waals surface area contributed by atoms with Crippen LogP contribution in [0.15, 0.2) is 36.4 Å². The first-order valence-corrected chi connectivity index (χ1v) is 12.2. The second-order valence-corrected chi connectivity index (χ2v) is 11.0. The summed E-state index contributed by atoms with van der Waals surface area (Å²) in [6, 6.07) is 12.8. The highest BCUT2D eigenvalue weighted by atomic mass is 16.3. The summed E-state index contributed by atoms with van der Waals surface area (Å²) in [5.41, 5.74) is 3.65. The van der Waals surface area contributed by atoms with Crippen LogP contribution in [-0.2, 0) is 11.0 Å². The van der Waals surface area contributed by atoms with Gasteiger partial charge in [-0.05, 0) is 72.8 Å². The second kappa shape index (κ2) is 8.12. The van der Waals surface area contributed by atoms with Crippen LogP contribution in [0, 0.1) is 11.8 Å². The lowest BCUT2D eigenvalue weighted by molar-refractivity contribution is 0.0278. The fraction of sp³-hybridized carbons (Fsp3) is 0.593. The van der Waals surface area contributed by atoms with Gasteiger partial charge in [0.2, 0.25) is 0 Å². The van der Waals surface area contributed by atoms with Crippen LogP contribution in [0.3, 0.4) is 0 Å². The van der Waals surface area contributed by atoms with E-state index in [-0.39, 0.29) is 5.41 Å². The molecule has 1 aliphatic heterocycles. The van der Waals surface area contributed by atoms with Crippen LogP contribution in [0.2, 0.25) is 0 Å². The molecule has 3 aliphatic rings. The van der Waals surface area contributed by atoms with E-state index >= 15 is 0 Å². The van der Waals surface area contributed by atoms with E-state index in [2.05, 4.69) is 60.0 Å². The van der Waals surface area contributed by atoms with Gasteiger partial charge in [0.15, 0.2) is 0 Å². The highest BCUT2D eigenvalue weighted by Gasteiger charge is 2.39. The van der Waals surface area contributed by atoms with Gasteiger partial charge in [0, 0.05) is 44.9 Å². The Labute approximate surface area is 192 Å². The number of benzene rings is 1. The molecule has 1 aromatic heterocycles. The number of pyridine rings is 1. The SMILES string of the molecule is CC1(C)CCC(C)(O)c2cc(-c3cccc(N4CCN(CC5CC5CO)CC4)n3)ccc21. The van der Waals surface area contributed by atoms with E-state index in [0.717, 1.165) is 68.2 Å². The van der Waals surface area contributed by atoms with E-state index in [1.165, 1.54) is 12.0 Å². The van der Waals surface area contributed by atoms with E-state index in [1.54, 1.807) is 0 Å². The topological polar surface area (TPSA) is 59.8 Å². The van der Waals surface area contributed by atoms with Crippen molar-refractivity contribution in [3.63, 3.8) is 0 Å². The average molecular weight is 436 g/mol. The van der Waals surface area contributed by atoms with Gasteiger partial charge < -0.3 is 15.1 Å². The maximum atomic E-state index is 11.1. The van der Waals surface area contributed by atoms with Crippen molar-refractivity contribution in [1.82, 2.24) is 9.88 Å². The minimum Gasteiger partial charge on any atom is -0.396 e. The molecule has 0 amide bonds. The fourth-order valence-electron chi connectivity index (χ4n) is 5.57. The van der Waals surface area contributed by atoms with Crippen LogP contribution >= 0.6 is 0 Å². The van der Waals surface area contributed by atoms with Gasteiger partial charge >= 0.3 is 0 Å². The number of hydrogen-bond donors (Lipinski definition) is 2. The van der Waals surface area contributed by atoms with Crippen molar-refractivity contribution in [2.24, 2.45) is 11.8 Å². The number of rotatable bonds is 5. The summed E-state index contributed by atoms with van der Waals surface area (Å²) >= 11 is 0. The van der Waals surface area contributed by atoms with Crippen molar-refractivity contribution >= 4 is 5.82 Å². The molecule has 3 atom stereocenters. The molecule has 1 aromatic carbocycles. The van der Waals surface area contributed by atoms with E-state index < -0.39 is 5.60 Å². The molecule has 172 valence electrons. The van der Waals surface area contributed by atoms with Crippen molar-refractivity contribution in [3.05, 3.63) is 47.5 Å². The standard InChI is InChI=1S/C27H37N3O2/c1-26(2)9-10-27(3,32)23-16-19(7-8-22(23)26)24-5-4-6-25(28-24)30-13-11-29(12-14-30)17-20-15-21(20)18-31/h4-8,16,20-21,31-32H,9-15,17-18H2,1-3H3. The summed E-state index contributed by atoms with van der Waals surface area (Å²) in [5, 5.41) is 20.4. The van der Waals surface area contributed by atoms with E-state index in [9.17, 15) is 10.2 Å². The minimum absolute atomic E-state index is 0.0860. The summed E-state index contributed by atoms with van der Waals surface area (Å²) < 4.78 is 0. The Morgan fingerprint density at radius 3 is 2.47 bits per heavy atom. The molecule has 3 unspecified atom stereocenters. The van der Waals surface area contributed by atoms with Gasteiger partial charge in [-0.25, -0.2) is 4.98 Å². The molecule has 0 spiro atoms. The first-order chi connectivity index (χ1) is 15.3. The largest absolute Gasteiger partial charge is 0.396 e. The quantitative estimate of drug-likeness (QED) is 0.749. The third kappa shape index (κ3) is 4.18. The van der Waals surface area contributed by atoms with Gasteiger partial charge in [0.05, 0.1) is 11.3 Å². The lowest BCUT2D eigenvalue weighted by Crippen LogP contribution is -2.47. The van der Waals surface area contributed by atoms with E-state index in [0.29, 0.717) is 18.4 Å². The third-order valence-electron chi connectivity index (χ3n) is 8.09. The normalized spacial score (nSPS) is 29.6. The summed E-state index contributed by atoms with van der Waals surface area (Å²) in [5.74, 6) is 2.26. The highest BCUT2D eigenvalue weighted by molar-refractivity contribution is 5.64. The molecule has 32 heavy (non-hydrogen) atoms. The molecule has 5 rings (SSSR count). The van der Waals surface area contributed by atoms with Crippen molar-refractivity contribution in [2.45, 2.75) is 51.0 Å². The maximum Gasteiger partial charge on any atom is 0.129 e. The molecule has 2 heterocycles. The first-order valence-electron chi connectivity index (χ1n) is 12.2. The van der Waals surface area contributed by atoms with Gasteiger partial charge in [-0.3, -0.25) is 4.90 Å². The second-order valence-electron chi connectivity index (χ2n) is 11.0. The van der Waals surface area contributed by atoms with Gasteiger partial charge in [-0.1, -0.05) is 32.0 Å². The summed E-state index contributed by atoms with van der Waals surface area (Å²) in [4.78, 5) is 9.93. The van der Waals surface area contributed by atoms with Crippen molar-refractivity contribution in [3.8, 4) is 11.3 Å². The van der Waals surface area contributed by atoms with Crippen LogP contribution in [0.5, 0.6) is 0 Å². The number of piperazine rings is 1. The summed E-state index contributed by atoms with van der Waals surface area (Å²) in [6.45, 7) is 12.0. The first kappa shape index (κ1) is 21.9. The average Bonchev–Trinajstić information content (AvgIpc) is 3.55. The van der Waals surface area contributed by atoms with Crippen molar-refractivity contribution in [1.29, 1.82) is 0 Å². The van der Waals surface area contributed by atoms with Gasteiger partial charge in [0.25, 0.3) is 0 Å². The van der Waals surface area contributed by atoms with Gasteiger partial charge in [-0.15, -0.1) is 0 Å². The predicted molar refractivity (Wildman–Crippen MR) is 129 cm³/mol. The number of hydrogen-bond acceptors (Lipinski definition) is 5. The lowest BCUT2D eigenvalue weighted by Gasteiger charge is -2.40. The summed E-state index contributed by atoms with van der Waals surface area (Å²) in [7, 11) is 0. The highest BCUT2D eigenvalue weighted by Crippen LogP contribution is 2.45. The monoisotopic (exact) mass is 435 g/mol. The Kier molecular flexibility index (Phi) is 5.55. The van der Waals surface area contributed by atoms with Crippen molar-refractivity contribution in [2.75, 3.05) is 44.2 Å². The van der Waals surface area contributed by atoms with Crippen LogP contribution < -0.4 is 4.90 Å². The molecule has 5 heteroatoms. The fourth-order valence-corrected chi connectivity index (χ4v) is 5.57.